The molecule has 0 aliphatic carbocycles. The van der Waals surface area contributed by atoms with Gasteiger partial charge in [0.05, 0.1) is 22.8 Å². The molecule has 0 radical (unpaired) electrons. The number of carbonyl (C=O) groups excluding carboxylic acids is 2. The lowest BCUT2D eigenvalue weighted by Crippen LogP contribution is -2.35. The number of amides is 1. The van der Waals surface area contributed by atoms with Crippen LogP contribution in [-0.4, -0.2) is 40.1 Å². The Morgan fingerprint density at radius 2 is 1.66 bits per heavy atom. The van der Waals surface area contributed by atoms with Crippen molar-refractivity contribution in [3.05, 3.63) is 86.2 Å². The molecule has 4 rings (SSSR count). The van der Waals surface area contributed by atoms with Crippen LogP contribution >= 0.6 is 47.0 Å². The van der Waals surface area contributed by atoms with E-state index in [2.05, 4.69) is 0 Å². The largest absolute Gasteiger partial charge is 0.468 e. The Hall–Kier alpha value is -2.84. The van der Waals surface area contributed by atoms with Gasteiger partial charge in [0, 0.05) is 22.1 Å². The Balaban J connectivity index is 1.80. The zero-order valence-electron chi connectivity index (χ0n) is 19.0. The van der Waals surface area contributed by atoms with Crippen molar-refractivity contribution in [2.45, 2.75) is 13.8 Å². The molecule has 6 nitrogen and oxygen atoms in total. The van der Waals surface area contributed by atoms with Crippen molar-refractivity contribution < 1.29 is 14.3 Å². The van der Waals surface area contributed by atoms with E-state index in [-0.39, 0.29) is 23.3 Å². The predicted octanol–water partition coefficient (Wildman–Crippen LogP) is 6.20. The van der Waals surface area contributed by atoms with Crippen LogP contribution in [0.2, 0.25) is 15.1 Å². The monoisotopic (exact) mass is 547 g/mol. The lowest BCUT2D eigenvalue weighted by atomic mass is 10.2. The third kappa shape index (κ3) is 4.82. The average molecular weight is 549 g/mol. The molecule has 1 aliphatic rings. The molecule has 1 amide bonds. The summed E-state index contributed by atoms with van der Waals surface area (Å²) in [5.74, 6) is -0.883. The highest BCUT2D eigenvalue weighted by Gasteiger charge is 2.40. The minimum atomic E-state index is -0.523. The van der Waals surface area contributed by atoms with Crippen LogP contribution in [0.25, 0.3) is 11.8 Å². The second-order valence-electron chi connectivity index (χ2n) is 7.85. The van der Waals surface area contributed by atoms with Gasteiger partial charge >= 0.3 is 5.97 Å². The third-order valence-electron chi connectivity index (χ3n) is 5.66. The number of nitrogens with zero attached hydrogens (tertiary/aromatic N) is 3. The first kappa shape index (κ1) is 25.3. The Bertz CT molecular complexity index is 1380. The zero-order chi connectivity index (χ0) is 25.4. The zero-order valence-corrected chi connectivity index (χ0v) is 22.1. The topological polar surface area (TPSA) is 54.8 Å². The van der Waals surface area contributed by atoms with Gasteiger partial charge in [0.15, 0.2) is 5.11 Å². The SMILES string of the molecule is COC(=O)CN1C(=S)N(c2ccc(Cl)cc2)C(=O)/C1=C/c1cc(C)n(-c2ccc(Cl)c(Cl)c2)c1C. The smallest absolute Gasteiger partial charge is 0.325 e. The quantitative estimate of drug-likeness (QED) is 0.216. The molecule has 0 atom stereocenters. The van der Waals surface area contributed by atoms with Crippen molar-refractivity contribution in [3.63, 3.8) is 0 Å². The highest BCUT2D eigenvalue weighted by molar-refractivity contribution is 7.80. The van der Waals surface area contributed by atoms with E-state index in [4.69, 9.17) is 51.8 Å². The summed E-state index contributed by atoms with van der Waals surface area (Å²) in [7, 11) is 1.29. The van der Waals surface area contributed by atoms with Gasteiger partial charge in [0.2, 0.25) is 0 Å². The minimum absolute atomic E-state index is 0.173. The minimum Gasteiger partial charge on any atom is -0.468 e. The number of aromatic nitrogens is 1. The van der Waals surface area contributed by atoms with Crippen LogP contribution in [0.1, 0.15) is 17.0 Å². The lowest BCUT2D eigenvalue weighted by Gasteiger charge is -2.19. The maximum Gasteiger partial charge on any atom is 0.325 e. The molecule has 0 saturated carbocycles. The average Bonchev–Trinajstić information content (AvgIpc) is 3.23. The number of carbonyl (C=O) groups is 2. The molecule has 1 fully saturated rings. The predicted molar refractivity (Wildman–Crippen MR) is 143 cm³/mol. The molecule has 1 aromatic heterocycles. The van der Waals surface area contributed by atoms with Crippen LogP contribution in [0.5, 0.6) is 0 Å². The molecule has 0 spiro atoms. The van der Waals surface area contributed by atoms with Crippen molar-refractivity contribution in [1.82, 2.24) is 9.47 Å². The summed E-state index contributed by atoms with van der Waals surface area (Å²) in [5.41, 5.74) is 4.22. The molecule has 1 aliphatic heterocycles. The van der Waals surface area contributed by atoms with Crippen LogP contribution in [0.15, 0.2) is 54.2 Å². The molecule has 0 unspecified atom stereocenters. The summed E-state index contributed by atoms with van der Waals surface area (Å²) in [5, 5.41) is 1.61. The fourth-order valence-corrected chi connectivity index (χ4v) is 4.72. The van der Waals surface area contributed by atoms with E-state index < -0.39 is 5.97 Å². The highest BCUT2D eigenvalue weighted by Crippen LogP contribution is 2.32. The third-order valence-corrected chi connectivity index (χ3v) is 7.05. The van der Waals surface area contributed by atoms with Crippen LogP contribution < -0.4 is 4.90 Å². The Morgan fingerprint density at radius 3 is 2.29 bits per heavy atom. The van der Waals surface area contributed by atoms with Crippen molar-refractivity contribution in [3.8, 4) is 5.69 Å². The van der Waals surface area contributed by atoms with Crippen molar-refractivity contribution >= 4 is 75.8 Å². The molecule has 1 saturated heterocycles. The summed E-state index contributed by atoms with van der Waals surface area (Å²) >= 11 is 23.9. The fraction of sp³-hybridized carbons (Fsp3) is 0.160. The van der Waals surface area contributed by atoms with Gasteiger partial charge in [-0.1, -0.05) is 34.8 Å². The van der Waals surface area contributed by atoms with Gasteiger partial charge in [-0.25, -0.2) is 0 Å². The Kier molecular flexibility index (Phi) is 7.24. The first-order chi connectivity index (χ1) is 16.6. The van der Waals surface area contributed by atoms with Crippen molar-refractivity contribution in [2.24, 2.45) is 0 Å². The molecule has 2 heterocycles. The normalized spacial score (nSPS) is 14.9. The summed E-state index contributed by atoms with van der Waals surface area (Å²) in [6, 6.07) is 14.1. The summed E-state index contributed by atoms with van der Waals surface area (Å²) in [6.45, 7) is 3.68. The van der Waals surface area contributed by atoms with Gasteiger partial charge in [-0.2, -0.15) is 0 Å². The number of anilines is 1. The van der Waals surface area contributed by atoms with Crippen LogP contribution in [0.4, 0.5) is 5.69 Å². The van der Waals surface area contributed by atoms with Gasteiger partial charge in [-0.3, -0.25) is 14.5 Å². The number of ether oxygens (including phenoxy) is 1. The maximum atomic E-state index is 13.5. The maximum absolute atomic E-state index is 13.5. The van der Waals surface area contributed by atoms with Gasteiger partial charge in [0.1, 0.15) is 12.2 Å². The standard InChI is InChI=1S/C25H20Cl3N3O3S/c1-14-10-16(15(2)30(14)19-8-9-20(27)21(28)12-19)11-22-24(33)31(18-6-4-17(26)5-7-18)25(35)29(22)13-23(32)34-3/h4-12H,13H2,1-3H3/b22-11-. The van der Waals surface area contributed by atoms with Crippen LogP contribution in [0, 0.1) is 13.8 Å². The second-order valence-corrected chi connectivity index (χ2v) is 9.47. The Labute approximate surface area is 223 Å². The van der Waals surface area contributed by atoms with Crippen LogP contribution in [0.3, 0.4) is 0 Å². The molecular weight excluding hydrogens is 529 g/mol. The summed E-state index contributed by atoms with van der Waals surface area (Å²) in [4.78, 5) is 28.5. The number of methoxy groups -OCH3 is 1. The summed E-state index contributed by atoms with van der Waals surface area (Å²) in [6.07, 6.45) is 1.73. The number of rotatable bonds is 5. The number of aryl methyl sites for hydroxylation is 1. The molecule has 0 bridgehead atoms. The van der Waals surface area contributed by atoms with Gasteiger partial charge < -0.3 is 14.2 Å². The van der Waals surface area contributed by atoms with E-state index in [1.807, 2.05) is 30.5 Å². The number of hydrogen-bond donors (Lipinski definition) is 0. The van der Waals surface area contributed by atoms with Gasteiger partial charge in [0.25, 0.3) is 5.91 Å². The first-order valence-electron chi connectivity index (χ1n) is 10.5. The highest BCUT2D eigenvalue weighted by atomic mass is 35.5. The van der Waals surface area contributed by atoms with E-state index in [1.165, 1.54) is 16.9 Å². The molecular formula is C25H20Cl3N3O3S. The molecule has 35 heavy (non-hydrogen) atoms. The van der Waals surface area contributed by atoms with Crippen molar-refractivity contribution in [2.75, 3.05) is 18.6 Å². The Morgan fingerprint density at radius 1 is 1.00 bits per heavy atom. The summed E-state index contributed by atoms with van der Waals surface area (Å²) < 4.78 is 6.84. The second kappa shape index (κ2) is 10.0. The van der Waals surface area contributed by atoms with Gasteiger partial charge in [-0.05, 0) is 86.2 Å². The fourth-order valence-electron chi connectivity index (χ4n) is 3.95. The van der Waals surface area contributed by atoms with E-state index in [9.17, 15) is 9.59 Å². The molecule has 3 aromatic rings. The number of benzene rings is 2. The number of halogens is 3. The first-order valence-corrected chi connectivity index (χ1v) is 12.0. The van der Waals surface area contributed by atoms with Gasteiger partial charge in [-0.15, -0.1) is 0 Å². The number of hydrogen-bond acceptors (Lipinski definition) is 4. The molecule has 0 N–H and O–H groups in total. The lowest BCUT2D eigenvalue weighted by molar-refractivity contribution is -0.140. The van der Waals surface area contributed by atoms with E-state index in [0.717, 1.165) is 22.6 Å². The molecule has 10 heteroatoms. The van der Waals surface area contributed by atoms with Crippen molar-refractivity contribution in [1.29, 1.82) is 0 Å². The van der Waals surface area contributed by atoms with E-state index >= 15 is 0 Å². The van der Waals surface area contributed by atoms with E-state index in [1.54, 1.807) is 42.5 Å². The van der Waals surface area contributed by atoms with Crippen LogP contribution in [-0.2, 0) is 14.3 Å². The number of thiocarbonyl (C=S) groups is 1. The number of esters is 1. The molecule has 180 valence electrons. The van der Waals surface area contributed by atoms with E-state index in [0.29, 0.717) is 20.8 Å². The molecule has 2 aromatic carbocycles.